The fourth-order valence-electron chi connectivity index (χ4n) is 2.21. The van der Waals surface area contributed by atoms with Crippen LogP contribution in [0.4, 0.5) is 4.79 Å². The van der Waals surface area contributed by atoms with E-state index < -0.39 is 23.7 Å². The minimum Gasteiger partial charge on any atom is -0.480 e. The Kier molecular flexibility index (Phi) is 7.03. The van der Waals surface area contributed by atoms with E-state index in [1.807, 2.05) is 13.8 Å². The first-order valence-corrected chi connectivity index (χ1v) is 7.25. The molecule has 118 valence electrons. The zero-order valence-electron chi connectivity index (χ0n) is 13.8. The van der Waals surface area contributed by atoms with Crippen LogP contribution in [0.15, 0.2) is 0 Å². The van der Waals surface area contributed by atoms with E-state index in [0.29, 0.717) is 0 Å². The van der Waals surface area contributed by atoms with Gasteiger partial charge in [-0.25, -0.2) is 9.59 Å². The third-order valence-electron chi connectivity index (χ3n) is 3.00. The Bertz CT molecular complexity index is 333. The van der Waals surface area contributed by atoms with Crippen LogP contribution in [0.3, 0.4) is 0 Å². The minimum atomic E-state index is -0.981. The standard InChI is InChI=1S/C15H29NO4/c1-8-9-11(4)12(13(17)18)16(10(2)3)14(19)20-15(5,6)7/h10-12H,8-9H2,1-7H3,(H,17,18). The van der Waals surface area contributed by atoms with Crippen molar-refractivity contribution in [2.45, 2.75) is 79.0 Å². The second-order valence-electron chi connectivity index (χ2n) is 6.53. The Morgan fingerprint density at radius 3 is 2.00 bits per heavy atom. The number of ether oxygens (including phenoxy) is 1. The molecule has 0 spiro atoms. The van der Waals surface area contributed by atoms with Crippen molar-refractivity contribution in [2.75, 3.05) is 0 Å². The number of hydrogen-bond acceptors (Lipinski definition) is 3. The molecule has 0 aliphatic rings. The number of carbonyl (C=O) groups is 2. The molecule has 0 rings (SSSR count). The first-order valence-electron chi connectivity index (χ1n) is 7.25. The SMILES string of the molecule is CCCC(C)C(C(=O)O)N(C(=O)OC(C)(C)C)C(C)C. The highest BCUT2D eigenvalue weighted by atomic mass is 16.6. The van der Waals surface area contributed by atoms with Crippen LogP contribution in [0.5, 0.6) is 0 Å². The maximum absolute atomic E-state index is 12.3. The Morgan fingerprint density at radius 1 is 1.20 bits per heavy atom. The Hall–Kier alpha value is -1.26. The fourth-order valence-corrected chi connectivity index (χ4v) is 2.21. The summed E-state index contributed by atoms with van der Waals surface area (Å²) in [5, 5.41) is 9.49. The summed E-state index contributed by atoms with van der Waals surface area (Å²) in [4.78, 5) is 25.2. The van der Waals surface area contributed by atoms with E-state index in [4.69, 9.17) is 4.74 Å². The molecule has 0 radical (unpaired) electrons. The van der Waals surface area contributed by atoms with Gasteiger partial charge in [-0.1, -0.05) is 20.3 Å². The molecule has 2 atom stereocenters. The van der Waals surface area contributed by atoms with Crippen LogP contribution >= 0.6 is 0 Å². The van der Waals surface area contributed by atoms with Crippen molar-refractivity contribution in [3.63, 3.8) is 0 Å². The molecule has 2 unspecified atom stereocenters. The van der Waals surface area contributed by atoms with Crippen molar-refractivity contribution in [3.8, 4) is 0 Å². The third-order valence-corrected chi connectivity index (χ3v) is 3.00. The van der Waals surface area contributed by atoms with Gasteiger partial charge in [0, 0.05) is 6.04 Å². The van der Waals surface area contributed by atoms with Gasteiger partial charge in [-0.05, 0) is 47.0 Å². The molecule has 5 heteroatoms. The molecular formula is C15H29NO4. The summed E-state index contributed by atoms with van der Waals surface area (Å²) in [6, 6.07) is -1.09. The van der Waals surface area contributed by atoms with Gasteiger partial charge in [0.25, 0.3) is 0 Å². The van der Waals surface area contributed by atoms with Crippen molar-refractivity contribution < 1.29 is 19.4 Å². The van der Waals surface area contributed by atoms with Gasteiger partial charge in [0.05, 0.1) is 0 Å². The van der Waals surface area contributed by atoms with Gasteiger partial charge in [-0.3, -0.25) is 4.90 Å². The van der Waals surface area contributed by atoms with Crippen molar-refractivity contribution in [1.82, 2.24) is 4.90 Å². The third kappa shape index (κ3) is 5.80. The zero-order valence-corrected chi connectivity index (χ0v) is 13.8. The molecule has 0 aliphatic heterocycles. The largest absolute Gasteiger partial charge is 0.480 e. The molecule has 0 saturated heterocycles. The van der Waals surface area contributed by atoms with Gasteiger partial charge in [0.2, 0.25) is 0 Å². The van der Waals surface area contributed by atoms with Crippen molar-refractivity contribution in [1.29, 1.82) is 0 Å². The molecule has 0 aromatic carbocycles. The molecular weight excluding hydrogens is 258 g/mol. The van der Waals surface area contributed by atoms with E-state index in [1.54, 1.807) is 34.6 Å². The van der Waals surface area contributed by atoms with Crippen LogP contribution in [-0.4, -0.2) is 39.8 Å². The van der Waals surface area contributed by atoms with Gasteiger partial charge in [0.1, 0.15) is 11.6 Å². The van der Waals surface area contributed by atoms with Crippen LogP contribution in [0.25, 0.3) is 0 Å². The molecule has 0 saturated carbocycles. The second-order valence-corrected chi connectivity index (χ2v) is 6.53. The molecule has 1 N–H and O–H groups in total. The highest BCUT2D eigenvalue weighted by Crippen LogP contribution is 2.22. The van der Waals surface area contributed by atoms with Gasteiger partial charge in [0.15, 0.2) is 0 Å². The summed E-state index contributed by atoms with van der Waals surface area (Å²) in [6.45, 7) is 12.8. The van der Waals surface area contributed by atoms with Crippen LogP contribution in [-0.2, 0) is 9.53 Å². The normalized spacial score (nSPS) is 14.8. The Labute approximate surface area is 122 Å². The molecule has 0 fully saturated rings. The van der Waals surface area contributed by atoms with Crippen LogP contribution in [0.2, 0.25) is 0 Å². The number of carboxylic acids is 1. The van der Waals surface area contributed by atoms with Crippen molar-refractivity contribution >= 4 is 12.1 Å². The van der Waals surface area contributed by atoms with Gasteiger partial charge >= 0.3 is 12.1 Å². The Morgan fingerprint density at radius 2 is 1.70 bits per heavy atom. The topological polar surface area (TPSA) is 66.8 Å². The highest BCUT2D eigenvalue weighted by molar-refractivity contribution is 5.80. The van der Waals surface area contributed by atoms with Crippen molar-refractivity contribution in [2.24, 2.45) is 5.92 Å². The molecule has 0 aromatic rings. The molecule has 1 amide bonds. The zero-order chi connectivity index (χ0) is 16.1. The molecule has 0 heterocycles. The average molecular weight is 287 g/mol. The molecule has 0 bridgehead atoms. The van der Waals surface area contributed by atoms with E-state index in [0.717, 1.165) is 12.8 Å². The average Bonchev–Trinajstić information content (AvgIpc) is 2.21. The van der Waals surface area contributed by atoms with Crippen LogP contribution < -0.4 is 0 Å². The minimum absolute atomic E-state index is 0.118. The summed E-state index contributed by atoms with van der Waals surface area (Å²) in [6.07, 6.45) is 1.07. The number of rotatable bonds is 6. The first kappa shape index (κ1) is 18.7. The lowest BCUT2D eigenvalue weighted by atomic mass is 9.95. The quantitative estimate of drug-likeness (QED) is 0.811. The predicted octanol–water partition coefficient (Wildman–Crippen LogP) is 3.52. The number of carbonyl (C=O) groups excluding carboxylic acids is 1. The predicted molar refractivity (Wildman–Crippen MR) is 78.7 cm³/mol. The van der Waals surface area contributed by atoms with Crippen LogP contribution in [0, 0.1) is 5.92 Å². The summed E-state index contributed by atoms with van der Waals surface area (Å²) in [7, 11) is 0. The van der Waals surface area contributed by atoms with E-state index in [2.05, 4.69) is 0 Å². The van der Waals surface area contributed by atoms with Gasteiger partial charge in [-0.15, -0.1) is 0 Å². The van der Waals surface area contributed by atoms with Crippen molar-refractivity contribution in [3.05, 3.63) is 0 Å². The molecule has 0 aliphatic carbocycles. The number of carboxylic acid groups (broad SMARTS) is 1. The number of nitrogens with zero attached hydrogens (tertiary/aromatic N) is 1. The summed E-state index contributed by atoms with van der Waals surface area (Å²) >= 11 is 0. The molecule has 5 nitrogen and oxygen atoms in total. The maximum Gasteiger partial charge on any atom is 0.411 e. The lowest BCUT2D eigenvalue weighted by Crippen LogP contribution is -2.53. The summed E-state index contributed by atoms with van der Waals surface area (Å²) in [5.74, 6) is -1.10. The second kappa shape index (κ2) is 7.50. The summed E-state index contributed by atoms with van der Waals surface area (Å²) < 4.78 is 5.34. The smallest absolute Gasteiger partial charge is 0.411 e. The monoisotopic (exact) mass is 287 g/mol. The van der Waals surface area contributed by atoms with E-state index >= 15 is 0 Å². The summed E-state index contributed by atoms with van der Waals surface area (Å²) in [5.41, 5.74) is -0.638. The van der Waals surface area contributed by atoms with Gasteiger partial charge < -0.3 is 9.84 Å². The lowest BCUT2D eigenvalue weighted by Gasteiger charge is -2.36. The van der Waals surface area contributed by atoms with Gasteiger partial charge in [-0.2, -0.15) is 0 Å². The number of amides is 1. The maximum atomic E-state index is 12.3. The fraction of sp³-hybridized carbons (Fsp3) is 0.867. The highest BCUT2D eigenvalue weighted by Gasteiger charge is 2.37. The molecule has 20 heavy (non-hydrogen) atoms. The van der Waals surface area contributed by atoms with E-state index in [1.165, 1.54) is 4.90 Å². The van der Waals surface area contributed by atoms with Crippen LogP contribution in [0.1, 0.15) is 61.3 Å². The lowest BCUT2D eigenvalue weighted by molar-refractivity contribution is -0.146. The Balaban J connectivity index is 5.29. The van der Waals surface area contributed by atoms with E-state index in [-0.39, 0.29) is 12.0 Å². The number of hydrogen-bond donors (Lipinski definition) is 1. The first-order chi connectivity index (χ1) is 9.01. The molecule has 0 aromatic heterocycles. The number of aliphatic carboxylic acids is 1. The van der Waals surface area contributed by atoms with E-state index in [9.17, 15) is 14.7 Å².